The number of nitrogens with one attached hydrogen (secondary N) is 3. The quantitative estimate of drug-likeness (QED) is 0.255. The van der Waals surface area contributed by atoms with Crippen LogP contribution in [0.5, 0.6) is 5.75 Å². The number of carbonyl (C=O) groups excluding carboxylic acids is 3. The monoisotopic (exact) mass is 614 g/mol. The standard InChI is InChI=1S/C30H32Cl2N4O6/c1-17-24(34-18(2)29(30(39)40-3)28(17)20-6-4-5-7-21(20)31)15-41-13-12-33-27(38)16-42-25-10-8-19(14-22(25)32)23-9-11-26(37)36-35-23/h4-8,10,14,28,34H,9,11-13,15-16H2,1-3H3,(H,33,38)(H,36,37). The summed E-state index contributed by atoms with van der Waals surface area (Å²) in [6, 6.07) is 12.5. The largest absolute Gasteiger partial charge is 0.482 e. The highest BCUT2D eigenvalue weighted by Crippen LogP contribution is 2.41. The molecule has 0 aliphatic carbocycles. The topological polar surface area (TPSA) is 127 Å². The molecule has 42 heavy (non-hydrogen) atoms. The van der Waals surface area contributed by atoms with Crippen LogP contribution in [-0.4, -0.2) is 57.0 Å². The Balaban J connectivity index is 1.27. The van der Waals surface area contributed by atoms with Gasteiger partial charge in [0.15, 0.2) is 6.61 Å². The van der Waals surface area contributed by atoms with Gasteiger partial charge in [-0.1, -0.05) is 41.4 Å². The van der Waals surface area contributed by atoms with Gasteiger partial charge in [0.05, 0.1) is 36.6 Å². The van der Waals surface area contributed by atoms with Crippen molar-refractivity contribution in [2.45, 2.75) is 32.6 Å². The number of esters is 1. The predicted octanol–water partition coefficient (Wildman–Crippen LogP) is 4.23. The van der Waals surface area contributed by atoms with Gasteiger partial charge in [-0.25, -0.2) is 10.2 Å². The van der Waals surface area contributed by atoms with Crippen molar-refractivity contribution < 1.29 is 28.6 Å². The van der Waals surface area contributed by atoms with Crippen molar-refractivity contribution in [3.63, 3.8) is 0 Å². The Morgan fingerprint density at radius 1 is 1.10 bits per heavy atom. The number of methoxy groups -OCH3 is 1. The van der Waals surface area contributed by atoms with Crippen molar-refractivity contribution in [1.82, 2.24) is 16.1 Å². The van der Waals surface area contributed by atoms with Crippen molar-refractivity contribution in [1.29, 1.82) is 0 Å². The minimum absolute atomic E-state index is 0.123. The number of hydrazone groups is 1. The molecule has 0 saturated heterocycles. The second kappa shape index (κ2) is 14.4. The Morgan fingerprint density at radius 3 is 2.57 bits per heavy atom. The number of dihydropyridines is 1. The molecule has 0 spiro atoms. The number of benzene rings is 2. The second-order valence-electron chi connectivity index (χ2n) is 9.70. The van der Waals surface area contributed by atoms with Crippen molar-refractivity contribution in [2.75, 3.05) is 33.5 Å². The summed E-state index contributed by atoms with van der Waals surface area (Å²) in [5.74, 6) is -0.909. The molecule has 0 radical (unpaired) electrons. The Hall–Kier alpha value is -3.86. The van der Waals surface area contributed by atoms with E-state index >= 15 is 0 Å². The maximum Gasteiger partial charge on any atom is 0.336 e. The van der Waals surface area contributed by atoms with E-state index < -0.39 is 5.97 Å². The summed E-state index contributed by atoms with van der Waals surface area (Å²) in [5.41, 5.74) is 7.60. The summed E-state index contributed by atoms with van der Waals surface area (Å²) in [7, 11) is 1.35. The lowest BCUT2D eigenvalue weighted by Crippen LogP contribution is -2.33. The average molecular weight is 616 g/mol. The lowest BCUT2D eigenvalue weighted by molar-refractivity contribution is -0.136. The molecule has 1 atom stereocenters. The summed E-state index contributed by atoms with van der Waals surface area (Å²) in [4.78, 5) is 36.3. The van der Waals surface area contributed by atoms with E-state index in [0.29, 0.717) is 39.9 Å². The molecule has 0 bridgehead atoms. The highest BCUT2D eigenvalue weighted by Gasteiger charge is 2.33. The minimum Gasteiger partial charge on any atom is -0.482 e. The first kappa shape index (κ1) is 31.1. The molecule has 10 nitrogen and oxygen atoms in total. The van der Waals surface area contributed by atoms with Crippen LogP contribution in [0.2, 0.25) is 10.0 Å². The molecule has 2 aromatic carbocycles. The smallest absolute Gasteiger partial charge is 0.336 e. The van der Waals surface area contributed by atoms with E-state index in [1.165, 1.54) is 7.11 Å². The van der Waals surface area contributed by atoms with E-state index in [9.17, 15) is 14.4 Å². The summed E-state index contributed by atoms with van der Waals surface area (Å²) in [6.45, 7) is 4.27. The molecule has 2 heterocycles. The summed E-state index contributed by atoms with van der Waals surface area (Å²) in [6.07, 6.45) is 0.884. The number of rotatable bonds is 11. The molecule has 3 N–H and O–H groups in total. The number of ether oxygens (including phenoxy) is 3. The van der Waals surface area contributed by atoms with E-state index in [4.69, 9.17) is 37.4 Å². The molecule has 2 aromatic rings. The van der Waals surface area contributed by atoms with E-state index in [1.807, 2.05) is 32.0 Å². The predicted molar refractivity (Wildman–Crippen MR) is 159 cm³/mol. The fraction of sp³-hybridized carbons (Fsp3) is 0.333. The molecule has 0 aromatic heterocycles. The zero-order chi connectivity index (χ0) is 30.2. The maximum absolute atomic E-state index is 12.6. The number of halogens is 2. The van der Waals surface area contributed by atoms with Crippen molar-refractivity contribution in [3.05, 3.63) is 86.2 Å². The molecule has 0 saturated carbocycles. The Morgan fingerprint density at radius 2 is 1.88 bits per heavy atom. The number of nitrogens with zero attached hydrogens (tertiary/aromatic N) is 1. The van der Waals surface area contributed by atoms with E-state index in [-0.39, 0.29) is 44.1 Å². The normalized spacial score (nSPS) is 16.8. The van der Waals surface area contributed by atoms with Gasteiger partial charge in [0.1, 0.15) is 5.75 Å². The summed E-state index contributed by atoms with van der Waals surface area (Å²) >= 11 is 12.8. The van der Waals surface area contributed by atoms with Crippen molar-refractivity contribution in [3.8, 4) is 5.75 Å². The number of carbonyl (C=O) groups is 3. The highest BCUT2D eigenvalue weighted by molar-refractivity contribution is 6.32. The van der Waals surface area contributed by atoms with Crippen LogP contribution >= 0.6 is 23.2 Å². The lowest BCUT2D eigenvalue weighted by Gasteiger charge is -2.31. The zero-order valence-corrected chi connectivity index (χ0v) is 25.0. The van der Waals surface area contributed by atoms with Gasteiger partial charge in [0.2, 0.25) is 5.91 Å². The number of amides is 2. The van der Waals surface area contributed by atoms with Gasteiger partial charge in [-0.05, 0) is 54.8 Å². The molecule has 2 aliphatic heterocycles. The van der Waals surface area contributed by atoms with Gasteiger partial charge in [0, 0.05) is 41.7 Å². The maximum atomic E-state index is 12.6. The molecule has 12 heteroatoms. The number of allylic oxidation sites excluding steroid dienone is 2. The van der Waals surface area contributed by atoms with E-state index in [2.05, 4.69) is 21.2 Å². The Bertz CT molecular complexity index is 1470. The summed E-state index contributed by atoms with van der Waals surface area (Å²) < 4.78 is 16.5. The van der Waals surface area contributed by atoms with Gasteiger partial charge in [-0.15, -0.1) is 0 Å². The third kappa shape index (κ3) is 7.50. The molecule has 222 valence electrons. The highest BCUT2D eigenvalue weighted by atomic mass is 35.5. The van der Waals surface area contributed by atoms with Crippen LogP contribution in [-0.2, 0) is 23.9 Å². The van der Waals surface area contributed by atoms with Crippen molar-refractivity contribution in [2.24, 2.45) is 5.10 Å². The molecule has 2 amide bonds. The molecule has 1 unspecified atom stereocenters. The third-order valence-electron chi connectivity index (χ3n) is 6.90. The lowest BCUT2D eigenvalue weighted by atomic mass is 9.81. The molecule has 4 rings (SSSR count). The number of hydrogen-bond donors (Lipinski definition) is 3. The van der Waals surface area contributed by atoms with Gasteiger partial charge in [-0.2, -0.15) is 5.10 Å². The first-order chi connectivity index (χ1) is 20.2. The van der Waals surface area contributed by atoms with E-state index in [0.717, 1.165) is 28.1 Å². The van der Waals surface area contributed by atoms with Crippen LogP contribution in [0.1, 0.15) is 43.7 Å². The first-order valence-electron chi connectivity index (χ1n) is 13.3. The summed E-state index contributed by atoms with van der Waals surface area (Å²) in [5, 5.41) is 11.0. The SMILES string of the molecule is COC(=O)C1=C(C)NC(COCCNC(=O)COc2ccc(C3=NNC(=O)CC3)cc2Cl)=C(C)C1c1ccccc1Cl. The van der Waals surface area contributed by atoms with E-state index in [1.54, 1.807) is 24.3 Å². The van der Waals surface area contributed by atoms with Gasteiger partial charge < -0.3 is 24.8 Å². The molecular weight excluding hydrogens is 583 g/mol. The minimum atomic E-state index is -0.431. The van der Waals surface area contributed by atoms with Crippen LogP contribution in [0.25, 0.3) is 0 Å². The number of hydrogen-bond acceptors (Lipinski definition) is 8. The fourth-order valence-corrected chi connectivity index (χ4v) is 5.22. The van der Waals surface area contributed by atoms with Crippen LogP contribution in [0, 0.1) is 0 Å². The van der Waals surface area contributed by atoms with Gasteiger partial charge >= 0.3 is 5.97 Å². The second-order valence-corrected chi connectivity index (χ2v) is 10.5. The molecular formula is C30H32Cl2N4O6. The average Bonchev–Trinajstić information content (AvgIpc) is 2.98. The van der Waals surface area contributed by atoms with Crippen molar-refractivity contribution >= 4 is 46.7 Å². The van der Waals surface area contributed by atoms with Gasteiger partial charge in [-0.3, -0.25) is 9.59 Å². The van der Waals surface area contributed by atoms with Crippen LogP contribution in [0.15, 0.2) is 70.1 Å². The Labute approximate surface area is 254 Å². The third-order valence-corrected chi connectivity index (χ3v) is 7.54. The van der Waals surface area contributed by atoms with Crippen LogP contribution < -0.4 is 20.8 Å². The van der Waals surface area contributed by atoms with Gasteiger partial charge in [0.25, 0.3) is 5.91 Å². The molecule has 2 aliphatic rings. The van der Waals surface area contributed by atoms with Crippen LogP contribution in [0.3, 0.4) is 0 Å². The first-order valence-corrected chi connectivity index (χ1v) is 14.1. The fourth-order valence-electron chi connectivity index (χ4n) is 4.74. The Kier molecular flexibility index (Phi) is 10.6. The van der Waals surface area contributed by atoms with Crippen LogP contribution in [0.4, 0.5) is 0 Å². The zero-order valence-electron chi connectivity index (χ0n) is 23.5. The molecule has 0 fully saturated rings.